The van der Waals surface area contributed by atoms with Crippen molar-refractivity contribution in [2.45, 2.75) is 6.61 Å². The van der Waals surface area contributed by atoms with Crippen molar-refractivity contribution in [3.05, 3.63) is 66.0 Å². The number of benzene rings is 1. The number of pyridine rings is 1. The van der Waals surface area contributed by atoms with Crippen molar-refractivity contribution in [2.75, 3.05) is 0 Å². The lowest BCUT2D eigenvalue weighted by Crippen LogP contribution is -1.97. The zero-order valence-electron chi connectivity index (χ0n) is 10.9. The number of H-pyrrole nitrogens is 1. The maximum atomic E-state index is 13.0. The summed E-state index contributed by atoms with van der Waals surface area (Å²) < 4.78 is 31.5. The molecule has 3 aromatic rings. The molecule has 0 bridgehead atoms. The third kappa shape index (κ3) is 3.22. The van der Waals surface area contributed by atoms with Crippen molar-refractivity contribution < 1.29 is 13.5 Å². The second kappa shape index (κ2) is 5.70. The van der Waals surface area contributed by atoms with Crippen LogP contribution < -0.4 is 4.74 Å². The van der Waals surface area contributed by atoms with Crippen LogP contribution in [0.25, 0.3) is 11.4 Å². The van der Waals surface area contributed by atoms with Gasteiger partial charge in [-0.2, -0.15) is 5.10 Å². The quantitative estimate of drug-likeness (QED) is 0.800. The van der Waals surface area contributed by atoms with Gasteiger partial charge in [0.25, 0.3) is 0 Å². The molecule has 0 amide bonds. The first-order chi connectivity index (χ1) is 10.2. The summed E-state index contributed by atoms with van der Waals surface area (Å²) in [5, 5.41) is 6.65. The molecule has 3 rings (SSSR count). The lowest BCUT2D eigenvalue weighted by atomic mass is 10.2. The molecular formula is C15H11F2N3O. The van der Waals surface area contributed by atoms with Gasteiger partial charge in [-0.05, 0) is 35.9 Å². The Hall–Kier alpha value is -2.76. The molecule has 1 aromatic carbocycles. The molecule has 0 aliphatic carbocycles. The zero-order chi connectivity index (χ0) is 14.7. The average molecular weight is 287 g/mol. The number of hydrogen-bond acceptors (Lipinski definition) is 3. The highest BCUT2D eigenvalue weighted by molar-refractivity contribution is 5.53. The van der Waals surface area contributed by atoms with E-state index in [1.54, 1.807) is 30.6 Å². The van der Waals surface area contributed by atoms with Gasteiger partial charge < -0.3 is 4.74 Å². The molecule has 106 valence electrons. The number of rotatable bonds is 4. The second-order valence-electron chi connectivity index (χ2n) is 4.42. The van der Waals surface area contributed by atoms with Crippen LogP contribution in [-0.4, -0.2) is 15.2 Å². The van der Waals surface area contributed by atoms with Crippen molar-refractivity contribution in [3.8, 4) is 17.1 Å². The molecule has 0 spiro atoms. The summed E-state index contributed by atoms with van der Waals surface area (Å²) in [5.74, 6) is -0.731. The van der Waals surface area contributed by atoms with Gasteiger partial charge in [0.1, 0.15) is 24.0 Å². The molecule has 6 heteroatoms. The molecule has 0 unspecified atom stereocenters. The highest BCUT2D eigenvalue weighted by Gasteiger charge is 2.04. The molecule has 2 heterocycles. The highest BCUT2D eigenvalue weighted by Crippen LogP contribution is 2.18. The van der Waals surface area contributed by atoms with Crippen molar-refractivity contribution in [3.63, 3.8) is 0 Å². The molecule has 2 aromatic heterocycles. The molecule has 0 saturated carbocycles. The molecule has 0 atom stereocenters. The summed E-state index contributed by atoms with van der Waals surface area (Å²) in [4.78, 5) is 4.22. The zero-order valence-corrected chi connectivity index (χ0v) is 10.9. The van der Waals surface area contributed by atoms with Gasteiger partial charge in [0.05, 0.1) is 17.6 Å². The van der Waals surface area contributed by atoms with E-state index in [0.29, 0.717) is 11.3 Å². The Kier molecular flexibility index (Phi) is 3.59. The van der Waals surface area contributed by atoms with E-state index in [1.807, 2.05) is 0 Å². The first-order valence-electron chi connectivity index (χ1n) is 6.24. The Balaban J connectivity index is 1.68. The second-order valence-corrected chi connectivity index (χ2v) is 4.42. The van der Waals surface area contributed by atoms with Crippen LogP contribution in [-0.2, 0) is 6.61 Å². The van der Waals surface area contributed by atoms with Gasteiger partial charge in [-0.1, -0.05) is 0 Å². The van der Waals surface area contributed by atoms with Crippen LogP contribution in [0.2, 0.25) is 0 Å². The van der Waals surface area contributed by atoms with Gasteiger partial charge in [0.2, 0.25) is 0 Å². The Labute approximate surface area is 119 Å². The van der Waals surface area contributed by atoms with Crippen LogP contribution in [0.4, 0.5) is 8.78 Å². The van der Waals surface area contributed by atoms with Gasteiger partial charge in [0, 0.05) is 12.3 Å². The lowest BCUT2D eigenvalue weighted by molar-refractivity contribution is 0.303. The first kappa shape index (κ1) is 13.2. The maximum Gasteiger partial charge on any atom is 0.138 e. The number of aromatic nitrogens is 3. The van der Waals surface area contributed by atoms with Crippen LogP contribution in [0.5, 0.6) is 5.75 Å². The summed E-state index contributed by atoms with van der Waals surface area (Å²) in [6.45, 7) is 0.0692. The van der Waals surface area contributed by atoms with Gasteiger partial charge in [-0.3, -0.25) is 10.1 Å². The molecular weight excluding hydrogens is 276 g/mol. The smallest absolute Gasteiger partial charge is 0.138 e. The minimum atomic E-state index is -0.624. The standard InChI is InChI=1S/C15H11F2N3O/c16-11-5-10(6-12(17)7-11)9-21-13-1-2-14(18-8-13)15-3-4-19-20-15/h1-8H,9H2,(H,19,20). The summed E-state index contributed by atoms with van der Waals surface area (Å²) in [7, 11) is 0. The van der Waals surface area contributed by atoms with Gasteiger partial charge in [-0.15, -0.1) is 0 Å². The number of hydrogen-bond donors (Lipinski definition) is 1. The van der Waals surface area contributed by atoms with E-state index in [1.165, 1.54) is 12.1 Å². The maximum absolute atomic E-state index is 13.0. The van der Waals surface area contributed by atoms with Crippen LogP contribution in [0.3, 0.4) is 0 Å². The summed E-state index contributed by atoms with van der Waals surface area (Å²) in [6.07, 6.45) is 3.19. The van der Waals surface area contributed by atoms with Gasteiger partial charge >= 0.3 is 0 Å². The van der Waals surface area contributed by atoms with Crippen LogP contribution in [0, 0.1) is 11.6 Å². The van der Waals surface area contributed by atoms with E-state index in [9.17, 15) is 8.78 Å². The molecule has 21 heavy (non-hydrogen) atoms. The van der Waals surface area contributed by atoms with Crippen molar-refractivity contribution in [2.24, 2.45) is 0 Å². The van der Waals surface area contributed by atoms with E-state index in [-0.39, 0.29) is 6.61 Å². The molecule has 0 saturated heterocycles. The fourth-order valence-electron chi connectivity index (χ4n) is 1.88. The Morgan fingerprint density at radius 3 is 2.48 bits per heavy atom. The van der Waals surface area contributed by atoms with Gasteiger partial charge in [0.15, 0.2) is 0 Å². The predicted octanol–water partition coefficient (Wildman–Crippen LogP) is 3.33. The van der Waals surface area contributed by atoms with E-state index >= 15 is 0 Å². The van der Waals surface area contributed by atoms with Crippen LogP contribution in [0.1, 0.15) is 5.56 Å². The number of aromatic amines is 1. The number of halogens is 2. The predicted molar refractivity (Wildman–Crippen MR) is 72.5 cm³/mol. The number of ether oxygens (including phenoxy) is 1. The fourth-order valence-corrected chi connectivity index (χ4v) is 1.88. The molecule has 0 fully saturated rings. The number of nitrogens with zero attached hydrogens (tertiary/aromatic N) is 2. The third-order valence-electron chi connectivity index (χ3n) is 2.84. The van der Waals surface area contributed by atoms with Crippen LogP contribution >= 0.6 is 0 Å². The molecule has 0 aliphatic rings. The lowest BCUT2D eigenvalue weighted by Gasteiger charge is -2.07. The van der Waals surface area contributed by atoms with Crippen LogP contribution in [0.15, 0.2) is 48.8 Å². The van der Waals surface area contributed by atoms with E-state index in [2.05, 4.69) is 15.2 Å². The average Bonchev–Trinajstić information content (AvgIpc) is 2.99. The van der Waals surface area contributed by atoms with Crippen molar-refractivity contribution in [1.29, 1.82) is 0 Å². The van der Waals surface area contributed by atoms with Crippen molar-refractivity contribution >= 4 is 0 Å². The Bertz CT molecular complexity index is 707. The van der Waals surface area contributed by atoms with Gasteiger partial charge in [-0.25, -0.2) is 8.78 Å². The molecule has 4 nitrogen and oxygen atoms in total. The Morgan fingerprint density at radius 2 is 1.86 bits per heavy atom. The monoisotopic (exact) mass is 287 g/mol. The summed E-state index contributed by atoms with van der Waals surface area (Å²) >= 11 is 0. The minimum Gasteiger partial charge on any atom is -0.487 e. The SMILES string of the molecule is Fc1cc(F)cc(COc2ccc(-c3ccn[nH]3)nc2)c1. The molecule has 0 aliphatic heterocycles. The topological polar surface area (TPSA) is 50.8 Å². The van der Waals surface area contributed by atoms with Crippen molar-refractivity contribution in [1.82, 2.24) is 15.2 Å². The van der Waals surface area contributed by atoms with E-state index in [0.717, 1.165) is 17.5 Å². The first-order valence-corrected chi connectivity index (χ1v) is 6.24. The number of nitrogens with one attached hydrogen (secondary N) is 1. The summed E-state index contributed by atoms with van der Waals surface area (Å²) in [5.41, 5.74) is 1.95. The van der Waals surface area contributed by atoms with E-state index < -0.39 is 11.6 Å². The Morgan fingerprint density at radius 1 is 1.05 bits per heavy atom. The largest absolute Gasteiger partial charge is 0.487 e. The highest BCUT2D eigenvalue weighted by atomic mass is 19.1. The fraction of sp³-hybridized carbons (Fsp3) is 0.0667. The normalized spacial score (nSPS) is 10.6. The molecule has 1 N–H and O–H groups in total. The third-order valence-corrected chi connectivity index (χ3v) is 2.84. The minimum absolute atomic E-state index is 0.0692. The van der Waals surface area contributed by atoms with E-state index in [4.69, 9.17) is 4.74 Å². The molecule has 0 radical (unpaired) electrons. The summed E-state index contributed by atoms with van der Waals surface area (Å²) in [6, 6.07) is 8.60.